The SMILES string of the molecule is COc1ccc(C)cc1NC(=O)c1cc(C2CCN(C3CCCC3)CC2)no1. The van der Waals surface area contributed by atoms with E-state index in [2.05, 4.69) is 15.4 Å². The lowest BCUT2D eigenvalue weighted by atomic mass is 9.92. The maximum Gasteiger partial charge on any atom is 0.294 e. The third kappa shape index (κ3) is 4.07. The Labute approximate surface area is 166 Å². The molecule has 1 aromatic heterocycles. The van der Waals surface area contributed by atoms with Crippen LogP contribution in [0.25, 0.3) is 0 Å². The molecule has 2 fully saturated rings. The van der Waals surface area contributed by atoms with Crippen molar-refractivity contribution >= 4 is 11.6 Å². The highest BCUT2D eigenvalue weighted by atomic mass is 16.5. The van der Waals surface area contributed by atoms with Gasteiger partial charge < -0.3 is 19.5 Å². The van der Waals surface area contributed by atoms with Gasteiger partial charge in [0, 0.05) is 18.0 Å². The Bertz CT molecular complexity index is 818. The lowest BCUT2D eigenvalue weighted by Crippen LogP contribution is -2.39. The number of ether oxygens (including phenoxy) is 1. The molecule has 1 aromatic carbocycles. The van der Waals surface area contributed by atoms with Crippen LogP contribution in [-0.4, -0.2) is 42.2 Å². The number of carbonyl (C=O) groups is 1. The summed E-state index contributed by atoms with van der Waals surface area (Å²) in [5.41, 5.74) is 2.58. The van der Waals surface area contributed by atoms with Crippen molar-refractivity contribution in [3.05, 3.63) is 41.3 Å². The second kappa shape index (κ2) is 8.35. The molecule has 0 spiro atoms. The van der Waals surface area contributed by atoms with Crippen LogP contribution in [0.1, 0.15) is 66.3 Å². The van der Waals surface area contributed by atoms with Gasteiger partial charge in [0.15, 0.2) is 0 Å². The number of methoxy groups -OCH3 is 1. The Kier molecular flexibility index (Phi) is 5.67. The predicted octanol–water partition coefficient (Wildman–Crippen LogP) is 4.37. The third-order valence-electron chi connectivity index (χ3n) is 6.14. The summed E-state index contributed by atoms with van der Waals surface area (Å²) in [6.07, 6.45) is 7.60. The molecule has 1 saturated carbocycles. The summed E-state index contributed by atoms with van der Waals surface area (Å²) in [5.74, 6) is 0.942. The van der Waals surface area contributed by atoms with Crippen molar-refractivity contribution in [3.63, 3.8) is 0 Å². The van der Waals surface area contributed by atoms with E-state index in [0.717, 1.165) is 43.2 Å². The maximum absolute atomic E-state index is 12.6. The highest BCUT2D eigenvalue weighted by molar-refractivity contribution is 6.03. The van der Waals surface area contributed by atoms with E-state index in [9.17, 15) is 4.79 Å². The standard InChI is InChI=1S/C22H29N3O3/c1-15-7-8-20(27-2)19(13-15)23-22(26)21-14-18(24-28-21)16-9-11-25(12-10-16)17-5-3-4-6-17/h7-8,13-14,16-17H,3-6,9-12H2,1-2H3,(H,23,26). The first kappa shape index (κ1) is 19.0. The molecule has 2 aromatic rings. The fourth-order valence-corrected chi connectivity index (χ4v) is 4.52. The molecule has 0 unspecified atom stereocenters. The van der Waals surface area contributed by atoms with Gasteiger partial charge in [-0.3, -0.25) is 4.79 Å². The van der Waals surface area contributed by atoms with E-state index in [0.29, 0.717) is 17.4 Å². The van der Waals surface area contributed by atoms with E-state index in [-0.39, 0.29) is 11.7 Å². The Morgan fingerprint density at radius 3 is 2.64 bits per heavy atom. The molecule has 1 aliphatic heterocycles. The van der Waals surface area contributed by atoms with Crippen LogP contribution in [0.15, 0.2) is 28.8 Å². The summed E-state index contributed by atoms with van der Waals surface area (Å²) in [6.45, 7) is 4.20. The van der Waals surface area contributed by atoms with Crippen molar-refractivity contribution < 1.29 is 14.1 Å². The number of anilines is 1. The minimum Gasteiger partial charge on any atom is -0.495 e. The first-order valence-electron chi connectivity index (χ1n) is 10.3. The lowest BCUT2D eigenvalue weighted by Gasteiger charge is -2.35. The fraction of sp³-hybridized carbons (Fsp3) is 0.545. The Balaban J connectivity index is 1.38. The molecule has 150 valence electrons. The van der Waals surface area contributed by atoms with Crippen molar-refractivity contribution in [1.82, 2.24) is 10.1 Å². The minimum atomic E-state index is -0.300. The Hall–Kier alpha value is -2.34. The molecule has 28 heavy (non-hydrogen) atoms. The Morgan fingerprint density at radius 2 is 1.93 bits per heavy atom. The average molecular weight is 383 g/mol. The van der Waals surface area contributed by atoms with Crippen LogP contribution in [0, 0.1) is 6.92 Å². The topological polar surface area (TPSA) is 67.6 Å². The fourth-order valence-electron chi connectivity index (χ4n) is 4.52. The van der Waals surface area contributed by atoms with Gasteiger partial charge in [0.1, 0.15) is 5.75 Å². The second-order valence-corrected chi connectivity index (χ2v) is 8.02. The van der Waals surface area contributed by atoms with Crippen molar-refractivity contribution in [1.29, 1.82) is 0 Å². The number of hydrogen-bond acceptors (Lipinski definition) is 5. The molecule has 0 atom stereocenters. The number of amides is 1. The number of piperidine rings is 1. The summed E-state index contributed by atoms with van der Waals surface area (Å²) in [6, 6.07) is 8.25. The van der Waals surface area contributed by atoms with E-state index in [1.807, 2.05) is 25.1 Å². The van der Waals surface area contributed by atoms with E-state index in [1.54, 1.807) is 13.2 Å². The zero-order valence-corrected chi connectivity index (χ0v) is 16.7. The van der Waals surface area contributed by atoms with Crippen molar-refractivity contribution in [2.75, 3.05) is 25.5 Å². The minimum absolute atomic E-state index is 0.247. The molecule has 2 aliphatic rings. The van der Waals surface area contributed by atoms with Gasteiger partial charge in [-0.15, -0.1) is 0 Å². The van der Waals surface area contributed by atoms with Crippen molar-refractivity contribution in [3.8, 4) is 5.75 Å². The zero-order chi connectivity index (χ0) is 19.5. The van der Waals surface area contributed by atoms with Gasteiger partial charge in [0.25, 0.3) is 5.91 Å². The molecular weight excluding hydrogens is 354 g/mol. The van der Waals surface area contributed by atoms with Gasteiger partial charge in [0.2, 0.25) is 5.76 Å². The normalized spacial score (nSPS) is 19.1. The number of hydrogen-bond donors (Lipinski definition) is 1. The number of benzene rings is 1. The third-order valence-corrected chi connectivity index (χ3v) is 6.14. The van der Waals surface area contributed by atoms with Crippen LogP contribution >= 0.6 is 0 Å². The van der Waals surface area contributed by atoms with E-state index < -0.39 is 0 Å². The first-order valence-corrected chi connectivity index (χ1v) is 10.3. The van der Waals surface area contributed by atoms with Gasteiger partial charge in [-0.25, -0.2) is 0 Å². The van der Waals surface area contributed by atoms with Crippen LogP contribution in [0.3, 0.4) is 0 Å². The van der Waals surface area contributed by atoms with Gasteiger partial charge in [-0.1, -0.05) is 24.1 Å². The molecule has 1 saturated heterocycles. The van der Waals surface area contributed by atoms with Crippen LogP contribution in [-0.2, 0) is 0 Å². The van der Waals surface area contributed by atoms with Crippen molar-refractivity contribution in [2.45, 2.75) is 57.4 Å². The zero-order valence-electron chi connectivity index (χ0n) is 16.7. The maximum atomic E-state index is 12.6. The molecule has 1 amide bonds. The number of carbonyl (C=O) groups excluding carboxylic acids is 1. The summed E-state index contributed by atoms with van der Waals surface area (Å²) in [5, 5.41) is 7.07. The monoisotopic (exact) mass is 383 g/mol. The highest BCUT2D eigenvalue weighted by Gasteiger charge is 2.29. The van der Waals surface area contributed by atoms with Gasteiger partial charge in [0.05, 0.1) is 18.5 Å². The number of likely N-dealkylation sites (tertiary alicyclic amines) is 1. The first-order chi connectivity index (χ1) is 13.6. The van der Waals surface area contributed by atoms with Crippen LogP contribution in [0.5, 0.6) is 5.75 Å². The van der Waals surface area contributed by atoms with Crippen molar-refractivity contribution in [2.24, 2.45) is 0 Å². The van der Waals surface area contributed by atoms with Crippen LogP contribution < -0.4 is 10.1 Å². The molecule has 6 nitrogen and oxygen atoms in total. The molecule has 1 N–H and O–H groups in total. The molecule has 2 heterocycles. The molecule has 0 radical (unpaired) electrons. The van der Waals surface area contributed by atoms with Crippen LogP contribution in [0.4, 0.5) is 5.69 Å². The quantitative estimate of drug-likeness (QED) is 0.831. The number of rotatable bonds is 5. The number of aryl methyl sites for hydroxylation is 1. The molecular formula is C22H29N3O3. The van der Waals surface area contributed by atoms with E-state index in [1.165, 1.54) is 25.7 Å². The molecule has 1 aliphatic carbocycles. The van der Waals surface area contributed by atoms with E-state index in [4.69, 9.17) is 9.26 Å². The van der Waals surface area contributed by atoms with Gasteiger partial charge in [-0.05, 0) is 63.4 Å². The lowest BCUT2D eigenvalue weighted by molar-refractivity contribution is 0.0987. The summed E-state index contributed by atoms with van der Waals surface area (Å²) in [4.78, 5) is 15.2. The molecule has 6 heteroatoms. The predicted molar refractivity (Wildman–Crippen MR) is 108 cm³/mol. The second-order valence-electron chi connectivity index (χ2n) is 8.02. The molecule has 0 bridgehead atoms. The Morgan fingerprint density at radius 1 is 1.18 bits per heavy atom. The van der Waals surface area contributed by atoms with Gasteiger partial charge in [-0.2, -0.15) is 0 Å². The smallest absolute Gasteiger partial charge is 0.294 e. The summed E-state index contributed by atoms with van der Waals surface area (Å²) >= 11 is 0. The molecule has 4 rings (SSSR count). The largest absolute Gasteiger partial charge is 0.495 e. The summed E-state index contributed by atoms with van der Waals surface area (Å²) in [7, 11) is 1.59. The number of nitrogens with one attached hydrogen (secondary N) is 1. The average Bonchev–Trinajstić information content (AvgIpc) is 3.41. The number of aromatic nitrogens is 1. The number of nitrogens with zero attached hydrogens (tertiary/aromatic N) is 2. The van der Waals surface area contributed by atoms with E-state index >= 15 is 0 Å². The van der Waals surface area contributed by atoms with Crippen LogP contribution in [0.2, 0.25) is 0 Å². The highest BCUT2D eigenvalue weighted by Crippen LogP contribution is 2.32. The van der Waals surface area contributed by atoms with Gasteiger partial charge >= 0.3 is 0 Å². The summed E-state index contributed by atoms with van der Waals surface area (Å²) < 4.78 is 10.7.